The Morgan fingerprint density at radius 3 is 2.63 bits per heavy atom. The Morgan fingerprint density at radius 2 is 2.05 bits per heavy atom. The average molecular weight is 275 g/mol. The van der Waals surface area contributed by atoms with Gasteiger partial charge in [0.1, 0.15) is 0 Å². The van der Waals surface area contributed by atoms with E-state index in [-0.39, 0.29) is 6.04 Å². The van der Waals surface area contributed by atoms with Crippen LogP contribution in [0.2, 0.25) is 0 Å². The fraction of sp³-hybridized carbons (Fsp3) is 0.400. The number of rotatable bonds is 5. The SMILES string of the molecule is CCc1ccc(CC(NN)c2ncc(C)cc2C)s1. The van der Waals surface area contributed by atoms with Crippen LogP contribution in [0.25, 0.3) is 0 Å². The van der Waals surface area contributed by atoms with Gasteiger partial charge in [0.25, 0.3) is 0 Å². The lowest BCUT2D eigenvalue weighted by atomic mass is 10.0. The molecular weight excluding hydrogens is 254 g/mol. The van der Waals surface area contributed by atoms with Crippen molar-refractivity contribution in [2.24, 2.45) is 5.84 Å². The molecule has 3 N–H and O–H groups in total. The van der Waals surface area contributed by atoms with Gasteiger partial charge in [-0.25, -0.2) is 0 Å². The van der Waals surface area contributed by atoms with E-state index in [9.17, 15) is 0 Å². The van der Waals surface area contributed by atoms with Gasteiger partial charge in [-0.15, -0.1) is 11.3 Å². The fourth-order valence-electron chi connectivity index (χ4n) is 2.25. The molecular formula is C15H21N3S. The molecule has 0 aliphatic rings. The predicted octanol–water partition coefficient (Wildman–Crippen LogP) is 3.07. The largest absolute Gasteiger partial charge is 0.271 e. The zero-order valence-corrected chi connectivity index (χ0v) is 12.6. The van der Waals surface area contributed by atoms with E-state index in [1.165, 1.54) is 20.9 Å². The first kappa shape index (κ1) is 14.2. The van der Waals surface area contributed by atoms with E-state index in [4.69, 9.17) is 5.84 Å². The van der Waals surface area contributed by atoms with Gasteiger partial charge in [0.15, 0.2) is 0 Å². The van der Waals surface area contributed by atoms with Gasteiger partial charge in [0, 0.05) is 22.4 Å². The third kappa shape index (κ3) is 3.41. The van der Waals surface area contributed by atoms with Gasteiger partial charge in [-0.05, 0) is 43.5 Å². The molecule has 0 spiro atoms. The fourth-order valence-corrected chi connectivity index (χ4v) is 3.25. The Morgan fingerprint density at radius 1 is 1.32 bits per heavy atom. The molecule has 2 rings (SSSR count). The molecule has 0 aliphatic carbocycles. The Balaban J connectivity index is 2.19. The maximum Gasteiger partial charge on any atom is 0.0682 e. The molecule has 1 atom stereocenters. The van der Waals surface area contributed by atoms with Gasteiger partial charge in [-0.2, -0.15) is 0 Å². The maximum atomic E-state index is 5.71. The summed E-state index contributed by atoms with van der Waals surface area (Å²) in [5.74, 6) is 5.71. The molecule has 102 valence electrons. The number of aryl methyl sites for hydroxylation is 3. The summed E-state index contributed by atoms with van der Waals surface area (Å²) in [5, 5.41) is 0. The molecule has 19 heavy (non-hydrogen) atoms. The lowest BCUT2D eigenvalue weighted by Gasteiger charge is -2.17. The minimum atomic E-state index is 0.0731. The number of hydrogen-bond donors (Lipinski definition) is 2. The molecule has 1 unspecified atom stereocenters. The van der Waals surface area contributed by atoms with Crippen LogP contribution in [0.5, 0.6) is 0 Å². The monoisotopic (exact) mass is 275 g/mol. The van der Waals surface area contributed by atoms with Crippen LogP contribution in [0.4, 0.5) is 0 Å². The first-order chi connectivity index (χ1) is 9.13. The second-order valence-electron chi connectivity index (χ2n) is 4.86. The predicted molar refractivity (Wildman–Crippen MR) is 81.2 cm³/mol. The molecule has 0 aliphatic heterocycles. The Kier molecular flexibility index (Phi) is 4.69. The first-order valence-electron chi connectivity index (χ1n) is 6.61. The van der Waals surface area contributed by atoms with Gasteiger partial charge >= 0.3 is 0 Å². The maximum absolute atomic E-state index is 5.71. The Hall–Kier alpha value is -1.23. The summed E-state index contributed by atoms with van der Waals surface area (Å²) in [6.45, 7) is 6.33. The smallest absolute Gasteiger partial charge is 0.0682 e. The van der Waals surface area contributed by atoms with Crippen molar-refractivity contribution in [3.8, 4) is 0 Å². The van der Waals surface area contributed by atoms with E-state index >= 15 is 0 Å². The Bertz CT molecular complexity index is 548. The highest BCUT2D eigenvalue weighted by molar-refractivity contribution is 7.11. The van der Waals surface area contributed by atoms with Gasteiger partial charge < -0.3 is 0 Å². The summed E-state index contributed by atoms with van der Waals surface area (Å²) in [5.41, 5.74) is 6.31. The lowest BCUT2D eigenvalue weighted by molar-refractivity contribution is 0.538. The molecule has 0 radical (unpaired) electrons. The van der Waals surface area contributed by atoms with Crippen LogP contribution >= 0.6 is 11.3 Å². The number of aromatic nitrogens is 1. The minimum absolute atomic E-state index is 0.0731. The summed E-state index contributed by atoms with van der Waals surface area (Å²) < 4.78 is 0. The molecule has 3 nitrogen and oxygen atoms in total. The summed E-state index contributed by atoms with van der Waals surface area (Å²) in [6.07, 6.45) is 3.88. The van der Waals surface area contributed by atoms with Gasteiger partial charge in [0.05, 0.1) is 11.7 Å². The molecule has 0 saturated carbocycles. The number of thiophene rings is 1. The highest BCUT2D eigenvalue weighted by Crippen LogP contribution is 2.24. The van der Waals surface area contributed by atoms with E-state index in [1.54, 1.807) is 0 Å². The van der Waals surface area contributed by atoms with Crippen molar-refractivity contribution in [2.45, 2.75) is 39.7 Å². The van der Waals surface area contributed by atoms with E-state index < -0.39 is 0 Å². The summed E-state index contributed by atoms with van der Waals surface area (Å²) in [6, 6.07) is 6.61. The number of pyridine rings is 1. The van der Waals surface area contributed by atoms with Gasteiger partial charge in [-0.3, -0.25) is 16.3 Å². The quantitative estimate of drug-likeness (QED) is 0.651. The number of nitrogens with two attached hydrogens (primary N) is 1. The van der Waals surface area contributed by atoms with Crippen LogP contribution in [0, 0.1) is 13.8 Å². The average Bonchev–Trinajstić information content (AvgIpc) is 2.84. The summed E-state index contributed by atoms with van der Waals surface area (Å²) in [7, 11) is 0. The van der Waals surface area contributed by atoms with Crippen LogP contribution < -0.4 is 11.3 Å². The lowest BCUT2D eigenvalue weighted by Crippen LogP contribution is -2.30. The van der Waals surface area contributed by atoms with Crippen LogP contribution in [0.15, 0.2) is 24.4 Å². The zero-order valence-electron chi connectivity index (χ0n) is 11.7. The molecule has 0 amide bonds. The van der Waals surface area contributed by atoms with Gasteiger partial charge in [0.2, 0.25) is 0 Å². The van der Waals surface area contributed by atoms with Crippen LogP contribution in [-0.4, -0.2) is 4.98 Å². The van der Waals surface area contributed by atoms with E-state index in [2.05, 4.69) is 49.4 Å². The highest BCUT2D eigenvalue weighted by atomic mass is 32.1. The van der Waals surface area contributed by atoms with E-state index in [1.807, 2.05) is 17.5 Å². The van der Waals surface area contributed by atoms with Crippen molar-refractivity contribution in [1.82, 2.24) is 10.4 Å². The highest BCUT2D eigenvalue weighted by Gasteiger charge is 2.15. The van der Waals surface area contributed by atoms with Crippen molar-refractivity contribution < 1.29 is 0 Å². The molecule has 0 fully saturated rings. The molecule has 0 bridgehead atoms. The van der Waals surface area contributed by atoms with Gasteiger partial charge in [-0.1, -0.05) is 13.0 Å². The second-order valence-corrected chi connectivity index (χ2v) is 6.11. The molecule has 2 heterocycles. The number of nitrogens with zero attached hydrogens (tertiary/aromatic N) is 1. The van der Waals surface area contributed by atoms with Crippen LogP contribution in [0.3, 0.4) is 0 Å². The zero-order chi connectivity index (χ0) is 13.8. The Labute approximate surface area is 118 Å². The third-order valence-corrected chi connectivity index (χ3v) is 4.51. The summed E-state index contributed by atoms with van der Waals surface area (Å²) in [4.78, 5) is 7.30. The van der Waals surface area contributed by atoms with Crippen LogP contribution in [-0.2, 0) is 12.8 Å². The molecule has 0 aromatic carbocycles. The molecule has 2 aromatic heterocycles. The third-order valence-electron chi connectivity index (χ3n) is 3.26. The van der Waals surface area contributed by atoms with E-state index in [0.29, 0.717) is 0 Å². The van der Waals surface area contributed by atoms with Crippen molar-refractivity contribution in [2.75, 3.05) is 0 Å². The van der Waals surface area contributed by atoms with E-state index in [0.717, 1.165) is 18.5 Å². The number of hydrogen-bond acceptors (Lipinski definition) is 4. The molecule has 2 aromatic rings. The second kappa shape index (κ2) is 6.28. The van der Waals surface area contributed by atoms with Crippen LogP contribution in [0.1, 0.15) is 39.5 Å². The minimum Gasteiger partial charge on any atom is -0.271 e. The standard InChI is InChI=1S/C15H21N3S/c1-4-12-5-6-13(19-12)8-14(18-16)15-11(3)7-10(2)9-17-15/h5-7,9,14,18H,4,8,16H2,1-3H3. The normalized spacial score (nSPS) is 12.6. The molecule has 4 heteroatoms. The summed E-state index contributed by atoms with van der Waals surface area (Å²) >= 11 is 1.86. The topological polar surface area (TPSA) is 50.9 Å². The van der Waals surface area contributed by atoms with Crippen molar-refractivity contribution in [3.63, 3.8) is 0 Å². The number of nitrogens with one attached hydrogen (secondary N) is 1. The first-order valence-corrected chi connectivity index (χ1v) is 7.42. The van der Waals surface area contributed by atoms with Crippen molar-refractivity contribution in [1.29, 1.82) is 0 Å². The van der Waals surface area contributed by atoms with Crippen molar-refractivity contribution in [3.05, 3.63) is 51.0 Å². The van der Waals surface area contributed by atoms with Crippen molar-refractivity contribution >= 4 is 11.3 Å². The molecule has 0 saturated heterocycles. The number of hydrazine groups is 1.